The van der Waals surface area contributed by atoms with E-state index in [0.29, 0.717) is 0 Å². The summed E-state index contributed by atoms with van der Waals surface area (Å²) >= 11 is 0. The van der Waals surface area contributed by atoms with Gasteiger partial charge in [-0.2, -0.15) is 0 Å². The number of aromatic nitrogens is 4. The zero-order valence-corrected chi connectivity index (χ0v) is 31.5. The van der Waals surface area contributed by atoms with E-state index >= 15 is 0 Å². The molecule has 4 aromatic carbocycles. The number of hydrogen-bond acceptors (Lipinski definition) is 2. The van der Waals surface area contributed by atoms with Gasteiger partial charge in [0.15, 0.2) is 0 Å². The number of hydrogen-bond donors (Lipinski definition) is 2. The smallest absolute Gasteiger partial charge is 0.129 e. The summed E-state index contributed by atoms with van der Waals surface area (Å²) in [6, 6.07) is 48.8. The summed E-state index contributed by atoms with van der Waals surface area (Å²) in [6.45, 7) is 6.81. The molecule has 0 fully saturated rings. The van der Waals surface area contributed by atoms with E-state index in [1.807, 2.05) is 0 Å². The first-order valence-electron chi connectivity index (χ1n) is 18.3. The van der Waals surface area contributed by atoms with Crippen molar-refractivity contribution in [1.82, 2.24) is 19.9 Å². The Kier molecular flexibility index (Phi) is 8.38. The molecule has 2 N–H and O–H groups in total. The highest BCUT2D eigenvalue weighted by molar-refractivity contribution is 6.83. The summed E-state index contributed by atoms with van der Waals surface area (Å²) in [5, 5.41) is 0. The molecule has 0 amide bonds. The van der Waals surface area contributed by atoms with Crippen LogP contribution in [-0.4, -0.2) is 28.0 Å². The van der Waals surface area contributed by atoms with Crippen molar-refractivity contribution in [2.24, 2.45) is 0 Å². The van der Waals surface area contributed by atoms with Gasteiger partial charge in [-0.25, -0.2) is 9.97 Å². The largest absolute Gasteiger partial charge is 0.354 e. The van der Waals surface area contributed by atoms with Crippen LogP contribution in [0.25, 0.3) is 90.9 Å². The molecule has 5 heteroatoms. The fraction of sp³-hybridized carbons (Fsp3) is 0.0612. The molecule has 0 unspecified atom stereocenters. The normalized spacial score (nSPS) is 12.1. The van der Waals surface area contributed by atoms with Crippen molar-refractivity contribution in [3.8, 4) is 56.0 Å². The van der Waals surface area contributed by atoms with Gasteiger partial charge in [0, 0.05) is 49.9 Å². The Morgan fingerprint density at radius 2 is 0.704 bits per heavy atom. The molecule has 54 heavy (non-hydrogen) atoms. The molecule has 3 aromatic heterocycles. The Balaban J connectivity index is 1.42. The molecule has 9 rings (SSSR count). The molecule has 8 bridgehead atoms. The van der Waals surface area contributed by atoms with E-state index in [9.17, 15) is 0 Å². The monoisotopic (exact) mass is 710 g/mol. The second-order valence-corrected chi connectivity index (χ2v) is 19.4. The predicted molar refractivity (Wildman–Crippen MR) is 231 cm³/mol. The minimum Gasteiger partial charge on any atom is -0.354 e. The van der Waals surface area contributed by atoms with E-state index in [4.69, 9.17) is 9.97 Å². The highest BCUT2D eigenvalue weighted by atomic mass is 28.3. The van der Waals surface area contributed by atoms with Gasteiger partial charge in [-0.05, 0) is 83.0 Å². The zero-order valence-electron chi connectivity index (χ0n) is 30.5. The summed E-state index contributed by atoms with van der Waals surface area (Å²) in [7, 11) is -1.52. The molecule has 2 aliphatic heterocycles. The van der Waals surface area contributed by atoms with Crippen molar-refractivity contribution in [2.75, 3.05) is 0 Å². The highest BCUT2D eigenvalue weighted by Crippen LogP contribution is 2.38. The summed E-state index contributed by atoms with van der Waals surface area (Å²) in [4.78, 5) is 18.5. The number of aromatic amines is 2. The lowest BCUT2D eigenvalue weighted by Gasteiger charge is -2.07. The lowest BCUT2D eigenvalue weighted by Crippen LogP contribution is -2.16. The van der Waals surface area contributed by atoms with Crippen molar-refractivity contribution < 1.29 is 0 Å². The standard InChI is InChI=1S/C49H38N4Si/c1-54(2,3)32-31-33-19-21-37(22-20-33)49-44-29-27-42(52-44)47(35-15-9-5-10-16-35)40-25-23-38(50-40)46(34-13-7-4-8-14-34)39-24-26-41(51-39)48(36-17-11-6-12-18-36)43-28-30-45(49)53-43/h4-30,50,53H,1-3H3. The van der Waals surface area contributed by atoms with Crippen LogP contribution in [0.3, 0.4) is 0 Å². The van der Waals surface area contributed by atoms with Crippen LogP contribution >= 0.6 is 0 Å². The SMILES string of the molecule is C[Si](C)(C)C#Cc1ccc(-c2c3nc(c(-c4ccccc4)c4ccc([nH]4)c(-c4ccccc4)c4nc(c(-c5ccccc5)c5ccc2[nH]5)C=C4)C=C3)cc1. The molecule has 0 atom stereocenters. The lowest BCUT2D eigenvalue weighted by atomic mass is 10.0. The molecule has 0 saturated carbocycles. The average molecular weight is 711 g/mol. The van der Waals surface area contributed by atoms with Crippen LogP contribution in [0.5, 0.6) is 0 Å². The van der Waals surface area contributed by atoms with E-state index < -0.39 is 8.07 Å². The zero-order chi connectivity index (χ0) is 36.6. The number of benzene rings is 4. The average Bonchev–Trinajstić information content (AvgIpc) is 4.03. The van der Waals surface area contributed by atoms with Crippen molar-refractivity contribution in [3.63, 3.8) is 0 Å². The molecule has 258 valence electrons. The van der Waals surface area contributed by atoms with E-state index in [1.54, 1.807) is 0 Å². The van der Waals surface area contributed by atoms with Crippen LogP contribution in [0.1, 0.15) is 28.3 Å². The van der Waals surface area contributed by atoms with Gasteiger partial charge in [-0.1, -0.05) is 129 Å². The van der Waals surface area contributed by atoms with Crippen LogP contribution in [0, 0.1) is 11.5 Å². The van der Waals surface area contributed by atoms with Gasteiger partial charge in [0.05, 0.1) is 22.8 Å². The van der Waals surface area contributed by atoms with Crippen LogP contribution in [-0.2, 0) is 0 Å². The third-order valence-corrected chi connectivity index (χ3v) is 10.6. The van der Waals surface area contributed by atoms with Crippen LogP contribution in [0.15, 0.2) is 140 Å². The van der Waals surface area contributed by atoms with Crippen molar-refractivity contribution in [1.29, 1.82) is 0 Å². The molecule has 0 saturated heterocycles. The van der Waals surface area contributed by atoms with Crippen LogP contribution < -0.4 is 0 Å². The summed E-state index contributed by atoms with van der Waals surface area (Å²) in [5.74, 6) is 3.42. The van der Waals surface area contributed by atoms with Gasteiger partial charge in [0.25, 0.3) is 0 Å². The van der Waals surface area contributed by atoms with E-state index in [1.165, 1.54) is 0 Å². The van der Waals surface area contributed by atoms with Gasteiger partial charge in [-0.15, -0.1) is 5.54 Å². The Hall–Kier alpha value is -6.74. The summed E-state index contributed by atoms with van der Waals surface area (Å²) in [6.07, 6.45) is 8.56. The Morgan fingerprint density at radius 1 is 0.389 bits per heavy atom. The Morgan fingerprint density at radius 3 is 1.02 bits per heavy atom. The molecule has 5 heterocycles. The first kappa shape index (κ1) is 33.1. The second-order valence-electron chi connectivity index (χ2n) is 14.7. The minimum absolute atomic E-state index is 0.887. The fourth-order valence-electron chi connectivity index (χ4n) is 7.21. The maximum atomic E-state index is 5.42. The number of H-pyrrole nitrogens is 2. The minimum atomic E-state index is -1.52. The molecule has 0 spiro atoms. The quantitative estimate of drug-likeness (QED) is 0.141. The van der Waals surface area contributed by atoms with Gasteiger partial charge in [0.1, 0.15) is 8.07 Å². The predicted octanol–water partition coefficient (Wildman–Crippen LogP) is 12.6. The van der Waals surface area contributed by atoms with Gasteiger partial charge in [-0.3, -0.25) is 0 Å². The lowest BCUT2D eigenvalue weighted by molar-refractivity contribution is 1.31. The maximum absolute atomic E-state index is 5.42. The van der Waals surface area contributed by atoms with Crippen molar-refractivity contribution in [3.05, 3.63) is 168 Å². The molecular formula is C49H38N4Si. The number of fused-ring (bicyclic) bond motifs is 8. The fourth-order valence-corrected chi connectivity index (χ4v) is 7.73. The van der Waals surface area contributed by atoms with E-state index in [2.05, 4.69) is 205 Å². The molecule has 4 nitrogen and oxygen atoms in total. The highest BCUT2D eigenvalue weighted by Gasteiger charge is 2.19. The third-order valence-electron chi connectivity index (χ3n) is 9.70. The van der Waals surface area contributed by atoms with Crippen LogP contribution in [0.4, 0.5) is 0 Å². The topological polar surface area (TPSA) is 57.4 Å². The molecule has 2 aliphatic rings. The Bertz CT molecular complexity index is 2790. The Labute approximate surface area is 316 Å². The van der Waals surface area contributed by atoms with Crippen molar-refractivity contribution in [2.45, 2.75) is 19.6 Å². The van der Waals surface area contributed by atoms with Crippen molar-refractivity contribution >= 4 is 54.4 Å². The van der Waals surface area contributed by atoms with E-state index in [-0.39, 0.29) is 0 Å². The molecule has 0 radical (unpaired) electrons. The summed E-state index contributed by atoms with van der Waals surface area (Å²) < 4.78 is 0. The molecular weight excluding hydrogens is 673 g/mol. The number of nitrogens with zero attached hydrogens (tertiary/aromatic N) is 2. The van der Waals surface area contributed by atoms with E-state index in [0.717, 1.165) is 94.9 Å². The second kappa shape index (κ2) is 13.7. The van der Waals surface area contributed by atoms with Gasteiger partial charge in [0.2, 0.25) is 0 Å². The maximum Gasteiger partial charge on any atom is 0.129 e. The number of rotatable bonds is 4. The first-order valence-corrected chi connectivity index (χ1v) is 21.8. The number of nitrogens with one attached hydrogen (secondary N) is 2. The van der Waals surface area contributed by atoms with Gasteiger partial charge >= 0.3 is 0 Å². The molecule has 0 aliphatic carbocycles. The first-order chi connectivity index (χ1) is 26.4. The van der Waals surface area contributed by atoms with Gasteiger partial charge < -0.3 is 9.97 Å². The summed E-state index contributed by atoms with van der Waals surface area (Å²) in [5.41, 5.74) is 20.5. The molecule has 7 aromatic rings. The van der Waals surface area contributed by atoms with Crippen LogP contribution in [0.2, 0.25) is 19.6 Å². The third kappa shape index (κ3) is 6.45.